The summed E-state index contributed by atoms with van der Waals surface area (Å²) in [4.78, 5) is 11.2. The topological polar surface area (TPSA) is 140 Å². The lowest BCUT2D eigenvalue weighted by atomic mass is 10.0. The van der Waals surface area contributed by atoms with Crippen LogP contribution >= 0.6 is 11.6 Å². The highest BCUT2D eigenvalue weighted by molar-refractivity contribution is 7.89. The molecule has 0 saturated carbocycles. The van der Waals surface area contributed by atoms with E-state index in [9.17, 15) is 18.6 Å². The van der Waals surface area contributed by atoms with Crippen LogP contribution in [-0.4, -0.2) is 89.8 Å². The van der Waals surface area contributed by atoms with Crippen LogP contribution in [0.3, 0.4) is 0 Å². The SMILES string of the molecule is COc1cc2c(cc1Nc1ncc(Cl)c(Nc3ccccc3S(=O)(=O)N3CC[C@H](O)C3)n1)CCN(C[C@@H](C)O)CC2. The molecule has 3 aromatic rings. The van der Waals surface area contributed by atoms with Crippen molar-refractivity contribution in [2.24, 2.45) is 0 Å². The highest BCUT2D eigenvalue weighted by Gasteiger charge is 2.33. The van der Waals surface area contributed by atoms with Crippen molar-refractivity contribution in [2.45, 2.75) is 43.3 Å². The van der Waals surface area contributed by atoms with Crippen molar-refractivity contribution in [1.82, 2.24) is 19.2 Å². The molecule has 4 N–H and O–H groups in total. The molecule has 5 rings (SSSR count). The van der Waals surface area contributed by atoms with Crippen molar-refractivity contribution in [3.63, 3.8) is 0 Å². The molecule has 220 valence electrons. The van der Waals surface area contributed by atoms with E-state index >= 15 is 0 Å². The molecule has 0 unspecified atom stereocenters. The Bertz CT molecular complexity index is 1510. The highest BCUT2D eigenvalue weighted by Crippen LogP contribution is 2.34. The quantitative estimate of drug-likeness (QED) is 0.289. The summed E-state index contributed by atoms with van der Waals surface area (Å²) in [6.45, 7) is 4.44. The second-order valence-corrected chi connectivity index (χ2v) is 12.7. The van der Waals surface area contributed by atoms with E-state index in [0.29, 0.717) is 30.1 Å². The number of nitrogens with one attached hydrogen (secondary N) is 2. The smallest absolute Gasteiger partial charge is 0.245 e. The van der Waals surface area contributed by atoms with Gasteiger partial charge in [-0.15, -0.1) is 0 Å². The first kappa shape index (κ1) is 29.5. The summed E-state index contributed by atoms with van der Waals surface area (Å²) < 4.78 is 33.6. The molecule has 3 heterocycles. The molecule has 11 nitrogen and oxygen atoms in total. The first-order chi connectivity index (χ1) is 19.6. The maximum atomic E-state index is 13.3. The first-order valence-corrected chi connectivity index (χ1v) is 15.4. The van der Waals surface area contributed by atoms with E-state index in [1.54, 1.807) is 32.2 Å². The molecule has 0 spiro atoms. The van der Waals surface area contributed by atoms with Crippen molar-refractivity contribution >= 4 is 44.8 Å². The number of rotatable bonds is 9. The molecule has 0 aliphatic carbocycles. The highest BCUT2D eigenvalue weighted by atomic mass is 35.5. The van der Waals surface area contributed by atoms with Gasteiger partial charge in [-0.1, -0.05) is 23.7 Å². The van der Waals surface area contributed by atoms with Gasteiger partial charge in [-0.2, -0.15) is 9.29 Å². The third-order valence-corrected chi connectivity index (χ3v) is 9.51. The van der Waals surface area contributed by atoms with Crippen LogP contribution in [0.1, 0.15) is 24.5 Å². The lowest BCUT2D eigenvalue weighted by Gasteiger charge is -2.20. The van der Waals surface area contributed by atoms with E-state index in [2.05, 4.69) is 25.5 Å². The molecular formula is C28H35ClN6O5S. The molecule has 1 saturated heterocycles. The number of sulfonamides is 1. The molecule has 2 aliphatic rings. The molecule has 0 bridgehead atoms. The number of aromatic nitrogens is 2. The van der Waals surface area contributed by atoms with Gasteiger partial charge in [0.25, 0.3) is 0 Å². The fourth-order valence-electron chi connectivity index (χ4n) is 5.25. The van der Waals surface area contributed by atoms with Crippen molar-refractivity contribution in [3.05, 3.63) is 58.7 Å². The van der Waals surface area contributed by atoms with Crippen LogP contribution in [0.15, 0.2) is 47.5 Å². The summed E-state index contributed by atoms with van der Waals surface area (Å²) >= 11 is 6.43. The number of para-hydroxylation sites is 1. The lowest BCUT2D eigenvalue weighted by molar-refractivity contribution is 0.129. The van der Waals surface area contributed by atoms with Gasteiger partial charge >= 0.3 is 0 Å². The summed E-state index contributed by atoms with van der Waals surface area (Å²) in [5, 5.41) is 26.2. The molecule has 2 aromatic carbocycles. The second-order valence-electron chi connectivity index (χ2n) is 10.4. The Morgan fingerprint density at radius 1 is 1.12 bits per heavy atom. The van der Waals surface area contributed by atoms with Crippen LogP contribution < -0.4 is 15.4 Å². The van der Waals surface area contributed by atoms with Crippen LogP contribution in [0.5, 0.6) is 5.75 Å². The molecule has 0 radical (unpaired) electrons. The van der Waals surface area contributed by atoms with Crippen molar-refractivity contribution in [2.75, 3.05) is 50.5 Å². The molecular weight excluding hydrogens is 568 g/mol. The maximum absolute atomic E-state index is 13.3. The summed E-state index contributed by atoms with van der Waals surface area (Å²) in [7, 11) is -2.24. The largest absolute Gasteiger partial charge is 0.495 e. The Morgan fingerprint density at radius 2 is 1.85 bits per heavy atom. The van der Waals surface area contributed by atoms with E-state index in [1.165, 1.54) is 27.7 Å². The number of hydrogen-bond acceptors (Lipinski definition) is 10. The van der Waals surface area contributed by atoms with Gasteiger partial charge in [0, 0.05) is 32.7 Å². The number of anilines is 4. The standard InChI is InChI=1S/C28H35ClN6O5S/c1-18(36)16-34-10-7-19-13-24(25(40-2)14-20(19)8-11-34)32-28-30-15-22(29)27(33-28)31-23-5-3-4-6-26(23)41(38,39)35-12-9-21(37)17-35/h3-6,13-15,18,21,36-37H,7-12,16-17H2,1-2H3,(H2,30,31,32,33)/t18-,21+/m1/s1. The van der Waals surface area contributed by atoms with Gasteiger partial charge in [0.2, 0.25) is 16.0 Å². The zero-order chi connectivity index (χ0) is 29.1. The minimum Gasteiger partial charge on any atom is -0.495 e. The minimum absolute atomic E-state index is 0.0558. The zero-order valence-electron chi connectivity index (χ0n) is 23.0. The number of methoxy groups -OCH3 is 1. The van der Waals surface area contributed by atoms with Crippen molar-refractivity contribution in [3.8, 4) is 5.75 Å². The van der Waals surface area contributed by atoms with E-state index in [4.69, 9.17) is 16.3 Å². The average molecular weight is 603 g/mol. The third-order valence-electron chi connectivity index (χ3n) is 7.31. The number of benzene rings is 2. The Balaban J connectivity index is 1.39. The minimum atomic E-state index is -3.85. The summed E-state index contributed by atoms with van der Waals surface area (Å²) in [5.74, 6) is 1.13. The molecule has 13 heteroatoms. The van der Waals surface area contributed by atoms with Crippen LogP contribution in [0.25, 0.3) is 0 Å². The van der Waals surface area contributed by atoms with Gasteiger partial charge < -0.3 is 30.5 Å². The Kier molecular flexibility index (Phi) is 8.97. The number of fused-ring (bicyclic) bond motifs is 1. The van der Waals surface area contributed by atoms with Gasteiger partial charge in [0.15, 0.2) is 5.82 Å². The number of halogens is 1. The van der Waals surface area contributed by atoms with Crippen LogP contribution in [0.4, 0.5) is 23.1 Å². The van der Waals surface area contributed by atoms with Crippen LogP contribution in [-0.2, 0) is 22.9 Å². The van der Waals surface area contributed by atoms with Gasteiger partial charge in [-0.3, -0.25) is 0 Å². The predicted molar refractivity (Wildman–Crippen MR) is 158 cm³/mol. The Labute approximate surface area is 245 Å². The van der Waals surface area contributed by atoms with Gasteiger partial charge in [-0.05, 0) is 61.6 Å². The van der Waals surface area contributed by atoms with E-state index in [-0.39, 0.29) is 40.9 Å². The van der Waals surface area contributed by atoms with Gasteiger partial charge in [0.05, 0.1) is 36.9 Å². The van der Waals surface area contributed by atoms with Gasteiger partial charge in [0.1, 0.15) is 15.7 Å². The van der Waals surface area contributed by atoms with Crippen LogP contribution in [0.2, 0.25) is 5.02 Å². The summed E-state index contributed by atoms with van der Waals surface area (Å²) in [6.07, 6.45) is 2.46. The molecule has 41 heavy (non-hydrogen) atoms. The van der Waals surface area contributed by atoms with E-state index in [1.807, 2.05) is 12.1 Å². The number of aliphatic hydroxyl groups excluding tert-OH is 2. The number of hydrogen-bond donors (Lipinski definition) is 4. The molecule has 1 aromatic heterocycles. The Hall–Kier alpha value is -3.00. The maximum Gasteiger partial charge on any atom is 0.245 e. The average Bonchev–Trinajstić information content (AvgIpc) is 3.30. The fraction of sp³-hybridized carbons (Fsp3) is 0.429. The number of ether oxygens (including phenoxy) is 1. The molecule has 1 fully saturated rings. The van der Waals surface area contributed by atoms with E-state index in [0.717, 1.165) is 25.9 Å². The Morgan fingerprint density at radius 3 is 2.54 bits per heavy atom. The first-order valence-electron chi connectivity index (χ1n) is 13.6. The molecule has 2 aliphatic heterocycles. The third kappa shape index (κ3) is 6.74. The normalized spacial score (nSPS) is 18.9. The number of nitrogens with zero attached hydrogens (tertiary/aromatic N) is 4. The fourth-order valence-corrected chi connectivity index (χ4v) is 7.03. The number of β-amino-alcohol motifs (C(OH)–C–C–N with tert-alkyl or cyclic N) is 2. The van der Waals surface area contributed by atoms with Crippen molar-refractivity contribution in [1.29, 1.82) is 0 Å². The van der Waals surface area contributed by atoms with Crippen molar-refractivity contribution < 1.29 is 23.4 Å². The number of aliphatic hydroxyl groups is 2. The molecule has 2 atom stereocenters. The predicted octanol–water partition coefficient (Wildman–Crippen LogP) is 3.16. The molecule has 0 amide bonds. The lowest BCUT2D eigenvalue weighted by Crippen LogP contribution is -2.33. The van der Waals surface area contributed by atoms with E-state index < -0.39 is 16.1 Å². The second kappa shape index (κ2) is 12.5. The summed E-state index contributed by atoms with van der Waals surface area (Å²) in [5.41, 5.74) is 3.38. The monoisotopic (exact) mass is 602 g/mol. The zero-order valence-corrected chi connectivity index (χ0v) is 24.6. The summed E-state index contributed by atoms with van der Waals surface area (Å²) in [6, 6.07) is 10.6. The van der Waals surface area contributed by atoms with Crippen LogP contribution in [0, 0.1) is 0 Å². The van der Waals surface area contributed by atoms with Gasteiger partial charge in [-0.25, -0.2) is 13.4 Å².